The molecule has 236 valence electrons. The summed E-state index contributed by atoms with van der Waals surface area (Å²) in [4.78, 5) is 29.8. The number of nitrogens with two attached hydrogens (primary N) is 1. The first-order valence-corrected chi connectivity index (χ1v) is 15.1. The van der Waals surface area contributed by atoms with E-state index in [9.17, 15) is 19.1 Å². The molecule has 2 aromatic carbocycles. The van der Waals surface area contributed by atoms with E-state index >= 15 is 8.78 Å². The highest BCUT2D eigenvalue weighted by Gasteiger charge is 2.62. The average Bonchev–Trinajstić information content (AvgIpc) is 3.92. The van der Waals surface area contributed by atoms with E-state index in [1.54, 1.807) is 19.2 Å². The predicted octanol–water partition coefficient (Wildman–Crippen LogP) is 5.56. The smallest absolute Gasteiger partial charge is 0.251 e. The molecule has 4 aromatic rings. The lowest BCUT2D eigenvalue weighted by molar-refractivity contribution is -0.117. The Morgan fingerprint density at radius 3 is 2.53 bits per heavy atom. The first-order valence-electron chi connectivity index (χ1n) is 14.3. The molecule has 6 rings (SSSR count). The first-order chi connectivity index (χ1) is 21.3. The van der Waals surface area contributed by atoms with Crippen LogP contribution in [0.4, 0.5) is 13.2 Å². The Hall–Kier alpha value is -3.87. The molecule has 2 amide bonds. The molecule has 9 nitrogen and oxygen atoms in total. The van der Waals surface area contributed by atoms with E-state index in [1.165, 1.54) is 12.1 Å². The molecule has 0 bridgehead atoms. The first kappa shape index (κ1) is 31.1. The maximum absolute atomic E-state index is 16.1. The molecule has 4 N–H and O–H groups in total. The van der Waals surface area contributed by atoms with Crippen molar-refractivity contribution in [3.8, 4) is 17.0 Å². The fourth-order valence-corrected chi connectivity index (χ4v) is 5.82. The van der Waals surface area contributed by atoms with Crippen molar-refractivity contribution in [2.24, 2.45) is 5.73 Å². The number of hydrogen-bond donors (Lipinski definition) is 3. The average molecular weight is 662 g/mol. The molecule has 0 aliphatic heterocycles. The molecular formula is C31H28Cl2F3N5O4. The van der Waals surface area contributed by atoms with Gasteiger partial charge >= 0.3 is 0 Å². The van der Waals surface area contributed by atoms with E-state index < -0.39 is 52.7 Å². The fourth-order valence-electron chi connectivity index (χ4n) is 5.39. The molecule has 2 saturated carbocycles. The second kappa shape index (κ2) is 11.5. The maximum atomic E-state index is 16.1. The van der Waals surface area contributed by atoms with Gasteiger partial charge in [0.25, 0.3) is 5.91 Å². The highest BCUT2D eigenvalue weighted by atomic mass is 35.5. The number of rotatable bonds is 11. The Morgan fingerprint density at radius 2 is 1.89 bits per heavy atom. The molecule has 2 aliphatic rings. The molecule has 14 heteroatoms. The highest BCUT2D eigenvalue weighted by molar-refractivity contribution is 6.35. The number of nitrogens with one attached hydrogen (secondary N) is 1. The van der Waals surface area contributed by atoms with Crippen LogP contribution in [0.5, 0.6) is 5.75 Å². The number of nitrogens with zero attached hydrogens (tertiary/aromatic N) is 3. The molecule has 0 spiro atoms. The predicted molar refractivity (Wildman–Crippen MR) is 161 cm³/mol. The molecule has 0 saturated heterocycles. The number of halogens is 5. The van der Waals surface area contributed by atoms with Gasteiger partial charge in [0.05, 0.1) is 41.4 Å². The topological polar surface area (TPSA) is 132 Å². The Kier molecular flexibility index (Phi) is 7.95. The summed E-state index contributed by atoms with van der Waals surface area (Å²) in [7, 11) is 0. The number of pyridine rings is 1. The zero-order chi connectivity index (χ0) is 32.3. The van der Waals surface area contributed by atoms with Crippen molar-refractivity contribution in [1.29, 1.82) is 0 Å². The van der Waals surface area contributed by atoms with Gasteiger partial charge in [-0.3, -0.25) is 14.3 Å². The zero-order valence-electron chi connectivity index (χ0n) is 24.0. The van der Waals surface area contributed by atoms with Crippen LogP contribution in [0.25, 0.3) is 22.2 Å². The SMILES string of the molecule is CCOc1c(CC(N)=O)cc([C@@](O)(CNC(=O)c2cc(Cl)c3nn(C4CC4)cc3c2)C2(F)CC2)nc1-c1cc(Cl)c(F)cc1F. The van der Waals surface area contributed by atoms with E-state index in [0.717, 1.165) is 18.9 Å². The minimum absolute atomic E-state index is 0.0518. The largest absolute Gasteiger partial charge is 0.491 e. The third kappa shape index (κ3) is 5.82. The quantitative estimate of drug-likeness (QED) is 0.180. The monoisotopic (exact) mass is 661 g/mol. The number of amides is 2. The normalized spacial score (nSPS) is 16.8. The third-order valence-corrected chi connectivity index (χ3v) is 8.67. The number of aromatic nitrogens is 3. The van der Waals surface area contributed by atoms with Gasteiger partial charge in [0, 0.05) is 34.3 Å². The number of benzene rings is 2. The summed E-state index contributed by atoms with van der Waals surface area (Å²) in [5.74, 6) is -3.62. The van der Waals surface area contributed by atoms with Gasteiger partial charge in [-0.25, -0.2) is 18.2 Å². The van der Waals surface area contributed by atoms with E-state index in [0.29, 0.717) is 23.0 Å². The van der Waals surface area contributed by atoms with E-state index in [2.05, 4.69) is 15.4 Å². The number of alkyl halides is 1. The minimum Gasteiger partial charge on any atom is -0.491 e. The summed E-state index contributed by atoms with van der Waals surface area (Å²) in [5.41, 5.74) is 0.673. The standard InChI is InChI=1S/C31H28Cl2F3N5O4/c1-2-45-28-15(10-25(37)42)9-24(39-27(28)19-11-20(32)23(35)12-22(19)34)31(44,30(36)5-6-30)14-38-29(43)16-7-17-13-41(18-3-4-18)40-26(17)21(33)8-16/h7-9,11-13,18,44H,2-6,10,14H2,1H3,(H2,37,42)(H,38,43)/t31-/m0/s1. The van der Waals surface area contributed by atoms with Crippen LogP contribution in [0.15, 0.2) is 36.5 Å². The van der Waals surface area contributed by atoms with Crippen molar-refractivity contribution in [3.05, 3.63) is 75.0 Å². The van der Waals surface area contributed by atoms with Gasteiger partial charge in [-0.1, -0.05) is 23.2 Å². The van der Waals surface area contributed by atoms with Crippen molar-refractivity contribution in [2.45, 2.75) is 56.3 Å². The highest BCUT2D eigenvalue weighted by Crippen LogP contribution is 2.54. The van der Waals surface area contributed by atoms with Crippen molar-refractivity contribution < 1.29 is 32.6 Å². The number of aliphatic hydroxyl groups is 1. The number of primary amides is 1. The summed E-state index contributed by atoms with van der Waals surface area (Å²) < 4.78 is 52.8. The maximum Gasteiger partial charge on any atom is 0.251 e. The number of carbonyl (C=O) groups excluding carboxylic acids is 2. The minimum atomic E-state index is -2.44. The van der Waals surface area contributed by atoms with Crippen LogP contribution >= 0.6 is 23.2 Å². The van der Waals surface area contributed by atoms with E-state index in [1.807, 2.05) is 4.68 Å². The Balaban J connectivity index is 1.41. The molecule has 2 fully saturated rings. The lowest BCUT2D eigenvalue weighted by atomic mass is 9.88. The van der Waals surface area contributed by atoms with Crippen LogP contribution in [-0.2, 0) is 16.8 Å². The van der Waals surface area contributed by atoms with Gasteiger partial charge in [-0.15, -0.1) is 0 Å². The van der Waals surface area contributed by atoms with Crippen LogP contribution in [0.1, 0.15) is 60.3 Å². The molecule has 2 heterocycles. The number of fused-ring (bicyclic) bond motifs is 1. The van der Waals surface area contributed by atoms with Gasteiger partial charge in [-0.2, -0.15) is 5.10 Å². The third-order valence-electron chi connectivity index (χ3n) is 8.09. The zero-order valence-corrected chi connectivity index (χ0v) is 25.5. The van der Waals surface area contributed by atoms with Gasteiger partial charge < -0.3 is 20.9 Å². The van der Waals surface area contributed by atoms with Gasteiger partial charge in [0.2, 0.25) is 5.91 Å². The fraction of sp³-hybridized carbons (Fsp3) is 0.355. The molecule has 0 unspecified atom stereocenters. The van der Waals surface area contributed by atoms with Crippen LogP contribution in [0.3, 0.4) is 0 Å². The molecule has 0 radical (unpaired) electrons. The van der Waals surface area contributed by atoms with Gasteiger partial charge in [-0.05, 0) is 56.9 Å². The number of hydrogen-bond acceptors (Lipinski definition) is 6. The Labute approximate surface area is 265 Å². The second-order valence-electron chi connectivity index (χ2n) is 11.4. The number of ether oxygens (including phenoxy) is 1. The van der Waals surface area contributed by atoms with Gasteiger partial charge in [0.1, 0.15) is 34.3 Å². The molecule has 45 heavy (non-hydrogen) atoms. The lowest BCUT2D eigenvalue weighted by Crippen LogP contribution is -2.49. The van der Waals surface area contributed by atoms with Crippen molar-refractivity contribution in [3.63, 3.8) is 0 Å². The Bertz CT molecular complexity index is 1860. The van der Waals surface area contributed by atoms with Crippen LogP contribution in [0, 0.1) is 11.6 Å². The van der Waals surface area contributed by atoms with Crippen LogP contribution in [-0.4, -0.2) is 50.5 Å². The molecule has 2 aliphatic carbocycles. The van der Waals surface area contributed by atoms with Crippen molar-refractivity contribution in [1.82, 2.24) is 20.1 Å². The summed E-state index contributed by atoms with van der Waals surface area (Å²) >= 11 is 12.4. The van der Waals surface area contributed by atoms with Crippen molar-refractivity contribution in [2.75, 3.05) is 13.2 Å². The molecular weight excluding hydrogens is 634 g/mol. The van der Waals surface area contributed by atoms with E-state index in [-0.39, 0.29) is 58.3 Å². The second-order valence-corrected chi connectivity index (χ2v) is 12.2. The summed E-state index contributed by atoms with van der Waals surface area (Å²) in [6.45, 7) is 1.03. The van der Waals surface area contributed by atoms with E-state index in [4.69, 9.17) is 33.7 Å². The van der Waals surface area contributed by atoms with Crippen LogP contribution in [0.2, 0.25) is 10.0 Å². The number of carbonyl (C=O) groups is 2. The van der Waals surface area contributed by atoms with Crippen LogP contribution < -0.4 is 15.8 Å². The van der Waals surface area contributed by atoms with Gasteiger partial charge in [0.15, 0.2) is 5.60 Å². The summed E-state index contributed by atoms with van der Waals surface area (Å²) in [5, 5.41) is 19.5. The molecule has 1 atom stereocenters. The summed E-state index contributed by atoms with van der Waals surface area (Å²) in [6, 6.07) is 6.10. The molecule has 2 aromatic heterocycles. The summed E-state index contributed by atoms with van der Waals surface area (Å²) in [6.07, 6.45) is 3.24. The lowest BCUT2D eigenvalue weighted by Gasteiger charge is -2.33. The van der Waals surface area contributed by atoms with Crippen molar-refractivity contribution >= 4 is 45.9 Å². The Morgan fingerprint density at radius 1 is 1.16 bits per heavy atom.